The maximum atomic E-state index is 13.4. The average Bonchev–Trinajstić information content (AvgIpc) is 3.74. The molecule has 0 radical (unpaired) electrons. The van der Waals surface area contributed by atoms with Crippen LogP contribution in [0.2, 0.25) is 0 Å². The van der Waals surface area contributed by atoms with E-state index in [1.54, 1.807) is 41.6 Å². The summed E-state index contributed by atoms with van der Waals surface area (Å²) in [4.78, 5) is 35.8. The third kappa shape index (κ3) is 2.21. The van der Waals surface area contributed by atoms with Gasteiger partial charge in [-0.05, 0) is 59.8 Å². The van der Waals surface area contributed by atoms with Gasteiger partial charge in [-0.25, -0.2) is 24.9 Å². The molecule has 4 aromatic heterocycles. The molecule has 7 saturated carbocycles. The lowest BCUT2D eigenvalue weighted by atomic mass is 8.92. The lowest BCUT2D eigenvalue weighted by Gasteiger charge is -3.11. The minimum atomic E-state index is -4.44. The van der Waals surface area contributed by atoms with Crippen molar-refractivity contribution < 1.29 is 17.9 Å². The number of nitrogens with zero attached hydrogens (tertiary/aromatic N) is 7. The van der Waals surface area contributed by atoms with E-state index in [4.69, 9.17) is 9.72 Å². The number of halogens is 3. The van der Waals surface area contributed by atoms with Gasteiger partial charge in [-0.1, -0.05) is 0 Å². The maximum absolute atomic E-state index is 13.4. The molecule has 7 aliphatic rings. The van der Waals surface area contributed by atoms with Gasteiger partial charge in [0.2, 0.25) is 5.88 Å². The Morgan fingerprint density at radius 2 is 1.76 bits per heavy atom. The van der Waals surface area contributed by atoms with E-state index in [9.17, 15) is 18.0 Å². The van der Waals surface area contributed by atoms with Gasteiger partial charge in [-0.3, -0.25) is 9.36 Å². The number of methoxy groups -OCH3 is 1. The Kier molecular flexibility index (Phi) is 3.69. The van der Waals surface area contributed by atoms with Crippen LogP contribution >= 0.6 is 0 Å². The van der Waals surface area contributed by atoms with Gasteiger partial charge in [0, 0.05) is 48.8 Å². The van der Waals surface area contributed by atoms with Crippen LogP contribution in [-0.2, 0) is 25.2 Å². The molecule has 0 N–H and O–H groups in total. The van der Waals surface area contributed by atoms with Gasteiger partial charge in [-0.2, -0.15) is 13.2 Å². The number of hydrogen-bond acceptors (Lipinski definition) is 7. The first-order valence-electron chi connectivity index (χ1n) is 14.1. The molecule has 0 unspecified atom stereocenters. The summed E-state index contributed by atoms with van der Waals surface area (Å²) >= 11 is 0. The summed E-state index contributed by atoms with van der Waals surface area (Å²) in [6, 6.07) is 3.33. The van der Waals surface area contributed by atoms with Crippen LogP contribution in [0.3, 0.4) is 0 Å². The highest BCUT2D eigenvalue weighted by molar-refractivity contribution is 5.78. The number of rotatable bonds is 6. The first-order valence-corrected chi connectivity index (χ1v) is 14.1. The highest BCUT2D eigenvalue weighted by Crippen LogP contribution is 3.10. The molecule has 208 valence electrons. The summed E-state index contributed by atoms with van der Waals surface area (Å²) in [5, 5.41) is 0.776. The third-order valence-corrected chi connectivity index (χ3v) is 11.8. The zero-order chi connectivity index (χ0) is 27.8. The second-order valence-electron chi connectivity index (χ2n) is 12.9. The molecule has 0 bridgehead atoms. The molecule has 11 rings (SSSR count). The van der Waals surface area contributed by atoms with Crippen molar-refractivity contribution in [3.8, 4) is 17.3 Å². The largest absolute Gasteiger partial charge is 0.480 e. The first-order chi connectivity index (χ1) is 19.7. The molecule has 4 aromatic rings. The second-order valence-corrected chi connectivity index (χ2v) is 12.9. The van der Waals surface area contributed by atoms with Crippen LogP contribution in [0.5, 0.6) is 5.88 Å². The van der Waals surface area contributed by atoms with Crippen molar-refractivity contribution >= 4 is 11.0 Å². The molecule has 7 fully saturated rings. The van der Waals surface area contributed by atoms with E-state index >= 15 is 0 Å². The van der Waals surface area contributed by atoms with E-state index in [0.717, 1.165) is 30.1 Å². The van der Waals surface area contributed by atoms with Gasteiger partial charge in [0.15, 0.2) is 11.5 Å². The lowest BCUT2D eigenvalue weighted by Crippen LogP contribution is -3.11. The van der Waals surface area contributed by atoms with Gasteiger partial charge in [0.05, 0.1) is 12.8 Å². The Balaban J connectivity index is 1.02. The van der Waals surface area contributed by atoms with E-state index in [1.165, 1.54) is 6.33 Å². The van der Waals surface area contributed by atoms with Gasteiger partial charge in [0.25, 0.3) is 5.56 Å². The maximum Gasteiger partial charge on any atom is 0.434 e. The monoisotopic (exact) mass is 559 g/mol. The van der Waals surface area contributed by atoms with Crippen LogP contribution in [0.15, 0.2) is 35.6 Å². The SMILES string of the molecule is COc1ncnc(C2CC2)c1-c1ncc2ccc(=O)n(CC34C5C6C3C3C4C5C63c3nc(C(F)(F)F)cn3C)c2n1. The summed E-state index contributed by atoms with van der Waals surface area (Å²) in [6.07, 6.45) is 2.01. The third-order valence-electron chi connectivity index (χ3n) is 11.8. The fourth-order valence-corrected chi connectivity index (χ4v) is 10.6. The van der Waals surface area contributed by atoms with E-state index in [2.05, 4.69) is 19.9 Å². The van der Waals surface area contributed by atoms with Crippen molar-refractivity contribution in [2.45, 2.75) is 36.9 Å². The number of ether oxygens (including phenoxy) is 1. The second kappa shape index (κ2) is 6.63. The van der Waals surface area contributed by atoms with Crippen LogP contribution in [0, 0.1) is 40.9 Å². The average molecular weight is 560 g/mol. The number of aromatic nitrogens is 7. The first kappa shape index (κ1) is 22.8. The summed E-state index contributed by atoms with van der Waals surface area (Å²) in [6.45, 7) is 0.575. The molecule has 7 aliphatic carbocycles. The fraction of sp³-hybridized carbons (Fsp3) is 0.517. The van der Waals surface area contributed by atoms with Crippen molar-refractivity contribution in [2.75, 3.05) is 7.11 Å². The predicted octanol–water partition coefficient (Wildman–Crippen LogP) is 3.58. The number of imidazole rings is 1. The van der Waals surface area contributed by atoms with Crippen molar-refractivity contribution in [1.29, 1.82) is 0 Å². The minimum Gasteiger partial charge on any atom is -0.480 e. The molecular weight excluding hydrogens is 535 g/mol. The highest BCUT2D eigenvalue weighted by atomic mass is 19.4. The molecule has 0 aromatic carbocycles. The van der Waals surface area contributed by atoms with Crippen LogP contribution in [0.25, 0.3) is 22.4 Å². The summed E-state index contributed by atoms with van der Waals surface area (Å²) in [5.41, 5.74) is 1.06. The molecule has 4 heterocycles. The van der Waals surface area contributed by atoms with Crippen LogP contribution in [0.4, 0.5) is 13.2 Å². The Morgan fingerprint density at radius 3 is 2.39 bits per heavy atom. The topological polar surface area (TPSA) is 101 Å². The number of pyridine rings is 1. The van der Waals surface area contributed by atoms with Crippen LogP contribution in [-0.4, -0.2) is 41.2 Å². The molecule has 9 nitrogen and oxygen atoms in total. The molecule has 0 amide bonds. The highest BCUT2D eigenvalue weighted by Gasteiger charge is 3.10. The Labute approximate surface area is 230 Å². The summed E-state index contributed by atoms with van der Waals surface area (Å²) in [5.74, 6) is 4.19. The zero-order valence-corrected chi connectivity index (χ0v) is 22.1. The van der Waals surface area contributed by atoms with Gasteiger partial charge >= 0.3 is 6.18 Å². The summed E-state index contributed by atoms with van der Waals surface area (Å²) in [7, 11) is 3.25. The van der Waals surface area contributed by atoms with Crippen LogP contribution < -0.4 is 10.3 Å². The van der Waals surface area contributed by atoms with Gasteiger partial charge in [0.1, 0.15) is 23.4 Å². The number of alkyl halides is 3. The predicted molar refractivity (Wildman–Crippen MR) is 137 cm³/mol. The molecule has 0 atom stereocenters. The smallest absolute Gasteiger partial charge is 0.434 e. The molecule has 41 heavy (non-hydrogen) atoms. The Morgan fingerprint density at radius 1 is 1.02 bits per heavy atom. The number of fused-ring (bicyclic) bond motifs is 1. The normalized spacial score (nSPS) is 36.5. The minimum absolute atomic E-state index is 0.0374. The van der Waals surface area contributed by atoms with E-state index in [-0.39, 0.29) is 16.4 Å². The van der Waals surface area contributed by atoms with E-state index < -0.39 is 11.9 Å². The molecule has 0 spiro atoms. The van der Waals surface area contributed by atoms with Crippen molar-refractivity contribution in [2.24, 2.45) is 48.0 Å². The van der Waals surface area contributed by atoms with Gasteiger partial charge < -0.3 is 9.30 Å². The molecular formula is C29H24F3N7O2. The molecule has 0 aliphatic heterocycles. The molecule has 0 saturated heterocycles. The number of hydrogen-bond donors (Lipinski definition) is 0. The molecule has 12 heteroatoms. The Bertz CT molecular complexity index is 1870. The van der Waals surface area contributed by atoms with Crippen LogP contribution in [0.1, 0.15) is 36.0 Å². The van der Waals surface area contributed by atoms with E-state index in [0.29, 0.717) is 76.7 Å². The summed E-state index contributed by atoms with van der Waals surface area (Å²) < 4.78 is 49.1. The fourth-order valence-electron chi connectivity index (χ4n) is 10.6. The van der Waals surface area contributed by atoms with Crippen molar-refractivity contribution in [3.63, 3.8) is 0 Å². The number of aryl methyl sites for hydroxylation is 1. The zero-order valence-electron chi connectivity index (χ0n) is 22.1. The Hall–Kier alpha value is -3.83. The quantitative estimate of drug-likeness (QED) is 0.356. The van der Waals surface area contributed by atoms with Gasteiger partial charge in [-0.15, -0.1) is 0 Å². The standard InChI is InChI=1S/C29H24F3N7O2/c1-38-8-13(29(30,31)32)36-26(38)28-19-16-20(28)18-21(28)17(19)27(16,18)9-39-14(40)6-5-12-7-33-23(37-24(12)39)15-22(11-3-4-11)34-10-35-25(15)41-2/h5-8,10-11,16-21H,3-4,9H2,1-2H3. The lowest BCUT2D eigenvalue weighted by molar-refractivity contribution is -0.632. The van der Waals surface area contributed by atoms with Crippen molar-refractivity contribution in [1.82, 2.24) is 34.1 Å². The van der Waals surface area contributed by atoms with Crippen molar-refractivity contribution in [3.05, 3.63) is 58.4 Å². The van der Waals surface area contributed by atoms with E-state index in [1.807, 2.05) is 0 Å².